The van der Waals surface area contributed by atoms with Gasteiger partial charge in [-0.3, -0.25) is 0 Å². The molecule has 3 heteroatoms. The van der Waals surface area contributed by atoms with E-state index >= 15 is 0 Å². The van der Waals surface area contributed by atoms with E-state index < -0.39 is 0 Å². The average molecular weight is 314 g/mol. The summed E-state index contributed by atoms with van der Waals surface area (Å²) in [5.41, 5.74) is 4.17. The first-order valence-corrected chi connectivity index (χ1v) is 8.34. The molecule has 1 aromatic carbocycles. The Morgan fingerprint density at radius 2 is 2.18 bits per heavy atom. The molecule has 1 heterocycles. The Morgan fingerprint density at radius 3 is 2.88 bits per heavy atom. The second-order valence-corrected chi connectivity index (χ2v) is 6.82. The average Bonchev–Trinajstić information content (AvgIpc) is 2.33. The number of alkyl halides is 1. The van der Waals surface area contributed by atoms with Crippen LogP contribution in [0.4, 0.5) is 5.69 Å². The number of rotatable bonds is 2. The van der Waals surface area contributed by atoms with Gasteiger partial charge < -0.3 is 4.90 Å². The van der Waals surface area contributed by atoms with Crippen molar-refractivity contribution >= 4 is 33.4 Å². The number of hydrogen-bond donors (Lipinski definition) is 0. The van der Waals surface area contributed by atoms with Gasteiger partial charge in [-0.25, -0.2) is 0 Å². The lowest BCUT2D eigenvalue weighted by molar-refractivity contribution is 0.626. The van der Waals surface area contributed by atoms with E-state index in [1.54, 1.807) is 0 Å². The van der Waals surface area contributed by atoms with Crippen LogP contribution in [-0.2, 0) is 5.33 Å². The Bertz CT molecular complexity index is 394. The van der Waals surface area contributed by atoms with Gasteiger partial charge in [0.1, 0.15) is 0 Å². The fourth-order valence-electron chi connectivity index (χ4n) is 2.37. The highest BCUT2D eigenvalue weighted by Crippen LogP contribution is 2.32. The van der Waals surface area contributed by atoms with Crippen LogP contribution in [0.1, 0.15) is 25.0 Å². The van der Waals surface area contributed by atoms with Crippen LogP contribution in [0.3, 0.4) is 0 Å². The minimum Gasteiger partial charge on any atom is -0.367 e. The number of halogens is 1. The highest BCUT2D eigenvalue weighted by molar-refractivity contribution is 9.08. The number of nitrogens with zero attached hydrogens (tertiary/aromatic N) is 1. The van der Waals surface area contributed by atoms with E-state index in [9.17, 15) is 0 Å². The molecule has 0 aliphatic carbocycles. The van der Waals surface area contributed by atoms with Crippen molar-refractivity contribution in [1.29, 1.82) is 0 Å². The van der Waals surface area contributed by atoms with E-state index in [0.29, 0.717) is 11.3 Å². The normalized spacial score (nSPS) is 25.1. The second kappa shape index (κ2) is 5.66. The Kier molecular flexibility index (Phi) is 4.42. The van der Waals surface area contributed by atoms with Gasteiger partial charge in [-0.2, -0.15) is 11.8 Å². The van der Waals surface area contributed by atoms with Gasteiger partial charge in [0.25, 0.3) is 0 Å². The molecular weight excluding hydrogens is 294 g/mol. The molecule has 0 radical (unpaired) electrons. The first-order chi connectivity index (χ1) is 8.13. The molecule has 17 heavy (non-hydrogen) atoms. The monoisotopic (exact) mass is 313 g/mol. The molecule has 0 amide bonds. The quantitative estimate of drug-likeness (QED) is 0.752. The van der Waals surface area contributed by atoms with E-state index in [4.69, 9.17) is 0 Å². The SMILES string of the molecule is Cc1ccc(N2CCSC(C)C2C)c(CBr)c1. The fraction of sp³-hybridized carbons (Fsp3) is 0.571. The molecule has 2 atom stereocenters. The summed E-state index contributed by atoms with van der Waals surface area (Å²) >= 11 is 5.70. The summed E-state index contributed by atoms with van der Waals surface area (Å²) < 4.78 is 0. The van der Waals surface area contributed by atoms with E-state index in [1.807, 2.05) is 0 Å². The number of anilines is 1. The Hall–Kier alpha value is -0.150. The number of thioether (sulfide) groups is 1. The lowest BCUT2D eigenvalue weighted by Crippen LogP contribution is -2.45. The molecule has 0 N–H and O–H groups in total. The molecule has 1 nitrogen and oxygen atoms in total. The zero-order chi connectivity index (χ0) is 12.4. The van der Waals surface area contributed by atoms with Crippen molar-refractivity contribution in [2.75, 3.05) is 17.2 Å². The van der Waals surface area contributed by atoms with Crippen molar-refractivity contribution in [3.63, 3.8) is 0 Å². The number of hydrogen-bond acceptors (Lipinski definition) is 2. The molecule has 0 spiro atoms. The van der Waals surface area contributed by atoms with Crippen LogP contribution < -0.4 is 4.90 Å². The summed E-state index contributed by atoms with van der Waals surface area (Å²) in [5, 5.41) is 1.66. The van der Waals surface area contributed by atoms with Crippen molar-refractivity contribution in [3.05, 3.63) is 29.3 Å². The van der Waals surface area contributed by atoms with Gasteiger partial charge in [-0.05, 0) is 25.5 Å². The largest absolute Gasteiger partial charge is 0.367 e. The lowest BCUT2D eigenvalue weighted by Gasteiger charge is -2.40. The summed E-state index contributed by atoms with van der Waals surface area (Å²) in [6.07, 6.45) is 0. The van der Waals surface area contributed by atoms with Gasteiger partial charge >= 0.3 is 0 Å². The van der Waals surface area contributed by atoms with Crippen LogP contribution in [0.2, 0.25) is 0 Å². The van der Waals surface area contributed by atoms with Gasteiger partial charge in [0.2, 0.25) is 0 Å². The summed E-state index contributed by atoms with van der Waals surface area (Å²) in [5.74, 6) is 1.24. The van der Waals surface area contributed by atoms with E-state index in [2.05, 4.69) is 71.6 Å². The molecule has 0 aromatic heterocycles. The van der Waals surface area contributed by atoms with Crippen LogP contribution in [0.15, 0.2) is 18.2 Å². The first kappa shape index (κ1) is 13.3. The Labute approximate surface area is 117 Å². The maximum atomic E-state index is 3.61. The van der Waals surface area contributed by atoms with Crippen LogP contribution in [0, 0.1) is 6.92 Å². The molecule has 1 aliphatic rings. The second-order valence-electron chi connectivity index (χ2n) is 4.78. The van der Waals surface area contributed by atoms with Crippen molar-refractivity contribution in [2.24, 2.45) is 0 Å². The minimum absolute atomic E-state index is 0.620. The van der Waals surface area contributed by atoms with Crippen LogP contribution >= 0.6 is 27.7 Å². The predicted molar refractivity (Wildman–Crippen MR) is 82.5 cm³/mol. The Morgan fingerprint density at radius 1 is 1.41 bits per heavy atom. The van der Waals surface area contributed by atoms with Crippen molar-refractivity contribution in [1.82, 2.24) is 0 Å². The zero-order valence-corrected chi connectivity index (χ0v) is 13.1. The lowest BCUT2D eigenvalue weighted by atomic mass is 10.1. The van der Waals surface area contributed by atoms with E-state index in [0.717, 1.165) is 5.33 Å². The molecule has 0 saturated carbocycles. The van der Waals surface area contributed by atoms with Gasteiger partial charge in [0.05, 0.1) is 0 Å². The molecule has 1 aliphatic heterocycles. The van der Waals surface area contributed by atoms with Gasteiger partial charge in [0.15, 0.2) is 0 Å². The molecule has 0 bridgehead atoms. The molecule has 94 valence electrons. The van der Waals surface area contributed by atoms with E-state index in [1.165, 1.54) is 29.1 Å². The molecular formula is C14H20BrNS. The summed E-state index contributed by atoms with van der Waals surface area (Å²) in [6, 6.07) is 7.42. The molecule has 2 rings (SSSR count). The number of aryl methyl sites for hydroxylation is 1. The maximum absolute atomic E-state index is 3.61. The molecule has 1 saturated heterocycles. The highest BCUT2D eigenvalue weighted by Gasteiger charge is 2.26. The molecule has 1 aromatic rings. The molecule has 2 unspecified atom stereocenters. The van der Waals surface area contributed by atoms with Crippen LogP contribution in [-0.4, -0.2) is 23.6 Å². The minimum atomic E-state index is 0.620. The van der Waals surface area contributed by atoms with Gasteiger partial charge in [-0.1, -0.05) is 40.5 Å². The maximum Gasteiger partial charge on any atom is 0.0410 e. The third-order valence-electron chi connectivity index (χ3n) is 3.57. The summed E-state index contributed by atoms with van der Waals surface area (Å²) in [6.45, 7) is 8.01. The smallest absolute Gasteiger partial charge is 0.0410 e. The third-order valence-corrected chi connectivity index (χ3v) is 5.51. The topological polar surface area (TPSA) is 3.24 Å². The standard InChI is InChI=1S/C14H20BrNS/c1-10-4-5-14(13(8-10)9-15)16-6-7-17-12(3)11(16)2/h4-5,8,11-12H,6-7,9H2,1-3H3. The van der Waals surface area contributed by atoms with E-state index in [-0.39, 0.29) is 0 Å². The summed E-state index contributed by atoms with van der Waals surface area (Å²) in [4.78, 5) is 2.57. The predicted octanol–water partition coefficient (Wildman–Crippen LogP) is 4.22. The van der Waals surface area contributed by atoms with Crippen LogP contribution in [0.25, 0.3) is 0 Å². The fourth-order valence-corrected chi connectivity index (χ4v) is 3.92. The summed E-state index contributed by atoms with van der Waals surface area (Å²) in [7, 11) is 0. The number of benzene rings is 1. The highest BCUT2D eigenvalue weighted by atomic mass is 79.9. The molecule has 1 fully saturated rings. The Balaban J connectivity index is 2.32. The zero-order valence-electron chi connectivity index (χ0n) is 10.7. The van der Waals surface area contributed by atoms with Crippen molar-refractivity contribution in [2.45, 2.75) is 37.4 Å². The van der Waals surface area contributed by atoms with Crippen molar-refractivity contribution in [3.8, 4) is 0 Å². The van der Waals surface area contributed by atoms with Gasteiger partial charge in [0, 0.05) is 34.6 Å². The van der Waals surface area contributed by atoms with Gasteiger partial charge in [-0.15, -0.1) is 0 Å². The van der Waals surface area contributed by atoms with Crippen LogP contribution in [0.5, 0.6) is 0 Å². The van der Waals surface area contributed by atoms with Crippen molar-refractivity contribution < 1.29 is 0 Å². The first-order valence-electron chi connectivity index (χ1n) is 6.17. The third kappa shape index (κ3) is 2.82.